The highest BCUT2D eigenvalue weighted by Gasteiger charge is 2.10. The molecule has 18 heavy (non-hydrogen) atoms. The second-order valence-corrected chi connectivity index (χ2v) is 5.81. The van der Waals surface area contributed by atoms with Crippen molar-refractivity contribution < 1.29 is 9.47 Å². The maximum Gasteiger partial charge on any atom is 0.0894 e. The highest BCUT2D eigenvalue weighted by molar-refractivity contribution is 7.99. The van der Waals surface area contributed by atoms with Gasteiger partial charge in [0.1, 0.15) is 0 Å². The molecule has 1 rings (SSSR count). The zero-order valence-electron chi connectivity index (χ0n) is 11.2. The van der Waals surface area contributed by atoms with Gasteiger partial charge < -0.3 is 9.47 Å². The first kappa shape index (κ1) is 15.8. The highest BCUT2D eigenvalue weighted by atomic mass is 35.5. The Labute approximate surface area is 119 Å². The fourth-order valence-electron chi connectivity index (χ4n) is 1.63. The number of methoxy groups -OCH3 is 2. The Hall–Kier alpha value is -0.220. The minimum Gasteiger partial charge on any atom is -0.382 e. The third-order valence-corrected chi connectivity index (χ3v) is 4.39. The first-order valence-corrected chi connectivity index (χ1v) is 7.55. The Morgan fingerprint density at radius 3 is 2.39 bits per heavy atom. The molecule has 4 heteroatoms. The van der Waals surface area contributed by atoms with Gasteiger partial charge in [-0.15, -0.1) is 0 Å². The summed E-state index contributed by atoms with van der Waals surface area (Å²) in [5.74, 6) is 2.56. The van der Waals surface area contributed by atoms with Gasteiger partial charge in [-0.3, -0.25) is 0 Å². The van der Waals surface area contributed by atoms with Gasteiger partial charge in [0.05, 0.1) is 12.7 Å². The van der Waals surface area contributed by atoms with E-state index in [9.17, 15) is 0 Å². The van der Waals surface area contributed by atoms with Crippen molar-refractivity contribution in [1.29, 1.82) is 0 Å². The Bertz CT molecular complexity index is 329. The summed E-state index contributed by atoms with van der Waals surface area (Å²) in [6, 6.07) is 8.08. The lowest BCUT2D eigenvalue weighted by Crippen LogP contribution is -2.20. The molecular weight excluding hydrogens is 268 g/mol. The van der Waals surface area contributed by atoms with E-state index in [4.69, 9.17) is 21.1 Å². The number of hydrogen-bond donors (Lipinski definition) is 0. The molecule has 102 valence electrons. The Kier molecular flexibility index (Phi) is 7.75. The Morgan fingerprint density at radius 2 is 1.83 bits per heavy atom. The van der Waals surface area contributed by atoms with Crippen molar-refractivity contribution in [2.75, 3.05) is 32.3 Å². The van der Waals surface area contributed by atoms with Gasteiger partial charge in [-0.05, 0) is 29.4 Å². The topological polar surface area (TPSA) is 18.5 Å². The fraction of sp³-hybridized carbons (Fsp3) is 0.571. The average Bonchev–Trinajstić information content (AvgIpc) is 2.38. The molecule has 0 amide bonds. The lowest BCUT2D eigenvalue weighted by molar-refractivity contribution is 0.0430. The summed E-state index contributed by atoms with van der Waals surface area (Å²) in [4.78, 5) is 0. The standard InChI is InChI=1S/C14H21ClO2S/c1-11(12-4-6-13(15)7-5-12)9-18-10-14(17-3)8-16-2/h4-7,11,14H,8-10H2,1-3H3. The van der Waals surface area contributed by atoms with Crippen LogP contribution in [0.4, 0.5) is 0 Å². The summed E-state index contributed by atoms with van der Waals surface area (Å²) < 4.78 is 10.4. The maximum absolute atomic E-state index is 5.88. The predicted octanol–water partition coefficient (Wildman–Crippen LogP) is 3.84. The zero-order valence-corrected chi connectivity index (χ0v) is 12.8. The summed E-state index contributed by atoms with van der Waals surface area (Å²) in [6.45, 7) is 2.88. The van der Waals surface area contributed by atoms with Crippen molar-refractivity contribution in [3.63, 3.8) is 0 Å². The zero-order chi connectivity index (χ0) is 13.4. The lowest BCUT2D eigenvalue weighted by atomic mass is 10.0. The number of rotatable bonds is 8. The maximum atomic E-state index is 5.88. The molecule has 0 aromatic heterocycles. The van der Waals surface area contributed by atoms with Crippen LogP contribution < -0.4 is 0 Å². The van der Waals surface area contributed by atoms with E-state index in [1.165, 1.54) is 5.56 Å². The molecule has 0 radical (unpaired) electrons. The molecule has 0 spiro atoms. The molecule has 0 saturated carbocycles. The predicted molar refractivity (Wildman–Crippen MR) is 79.9 cm³/mol. The quantitative estimate of drug-likeness (QED) is 0.724. The SMILES string of the molecule is COCC(CSCC(C)c1ccc(Cl)cc1)OC. The van der Waals surface area contributed by atoms with E-state index in [2.05, 4.69) is 19.1 Å². The van der Waals surface area contributed by atoms with Gasteiger partial charge in [0, 0.05) is 25.0 Å². The van der Waals surface area contributed by atoms with Crippen LogP contribution in [0.1, 0.15) is 18.4 Å². The molecule has 0 heterocycles. The normalized spacial score (nSPS) is 14.4. The molecule has 2 atom stereocenters. The lowest BCUT2D eigenvalue weighted by Gasteiger charge is -2.16. The smallest absolute Gasteiger partial charge is 0.0894 e. The average molecular weight is 289 g/mol. The third kappa shape index (κ3) is 5.61. The minimum absolute atomic E-state index is 0.178. The third-order valence-electron chi connectivity index (χ3n) is 2.80. The summed E-state index contributed by atoms with van der Waals surface area (Å²) in [6.07, 6.45) is 0.178. The van der Waals surface area contributed by atoms with E-state index in [0.717, 1.165) is 16.5 Å². The summed E-state index contributed by atoms with van der Waals surface area (Å²) in [5, 5.41) is 0.790. The van der Waals surface area contributed by atoms with Crippen molar-refractivity contribution in [2.24, 2.45) is 0 Å². The Balaban J connectivity index is 2.32. The number of ether oxygens (including phenoxy) is 2. The van der Waals surface area contributed by atoms with Crippen LogP contribution in [0.3, 0.4) is 0 Å². The number of thioether (sulfide) groups is 1. The van der Waals surface area contributed by atoms with Crippen LogP contribution in [0.2, 0.25) is 5.02 Å². The van der Waals surface area contributed by atoms with Gasteiger partial charge in [0.25, 0.3) is 0 Å². The van der Waals surface area contributed by atoms with Crippen LogP contribution in [-0.4, -0.2) is 38.4 Å². The molecule has 0 aliphatic rings. The van der Waals surface area contributed by atoms with Gasteiger partial charge >= 0.3 is 0 Å². The summed E-state index contributed by atoms with van der Waals surface area (Å²) >= 11 is 7.78. The van der Waals surface area contributed by atoms with E-state index in [1.54, 1.807) is 14.2 Å². The van der Waals surface area contributed by atoms with Crippen molar-refractivity contribution in [1.82, 2.24) is 0 Å². The van der Waals surface area contributed by atoms with Crippen molar-refractivity contribution in [3.8, 4) is 0 Å². The molecule has 0 bridgehead atoms. The van der Waals surface area contributed by atoms with E-state index in [0.29, 0.717) is 12.5 Å². The largest absolute Gasteiger partial charge is 0.382 e. The first-order chi connectivity index (χ1) is 8.67. The fourth-order valence-corrected chi connectivity index (χ4v) is 2.94. The number of hydrogen-bond acceptors (Lipinski definition) is 3. The number of benzene rings is 1. The van der Waals surface area contributed by atoms with E-state index < -0.39 is 0 Å². The number of halogens is 1. The van der Waals surface area contributed by atoms with Gasteiger partial charge in [-0.25, -0.2) is 0 Å². The van der Waals surface area contributed by atoms with Crippen LogP contribution in [0, 0.1) is 0 Å². The summed E-state index contributed by atoms with van der Waals surface area (Å²) in [7, 11) is 3.43. The molecule has 1 aromatic carbocycles. The van der Waals surface area contributed by atoms with E-state index >= 15 is 0 Å². The molecule has 0 fully saturated rings. The molecule has 2 unspecified atom stereocenters. The van der Waals surface area contributed by atoms with Gasteiger partial charge in [-0.1, -0.05) is 30.7 Å². The monoisotopic (exact) mass is 288 g/mol. The Morgan fingerprint density at radius 1 is 1.17 bits per heavy atom. The molecule has 0 N–H and O–H groups in total. The van der Waals surface area contributed by atoms with Crippen molar-refractivity contribution in [2.45, 2.75) is 18.9 Å². The van der Waals surface area contributed by atoms with E-state index in [1.807, 2.05) is 23.9 Å². The van der Waals surface area contributed by atoms with Gasteiger partial charge in [0.2, 0.25) is 0 Å². The van der Waals surface area contributed by atoms with E-state index in [-0.39, 0.29) is 6.10 Å². The van der Waals surface area contributed by atoms with Gasteiger partial charge in [-0.2, -0.15) is 11.8 Å². The molecule has 0 saturated heterocycles. The molecule has 1 aromatic rings. The minimum atomic E-state index is 0.178. The van der Waals surface area contributed by atoms with Crippen molar-refractivity contribution in [3.05, 3.63) is 34.9 Å². The van der Waals surface area contributed by atoms with Crippen LogP contribution in [0.25, 0.3) is 0 Å². The van der Waals surface area contributed by atoms with Crippen LogP contribution in [0.15, 0.2) is 24.3 Å². The molecule has 0 aliphatic heterocycles. The van der Waals surface area contributed by atoms with Crippen LogP contribution in [0.5, 0.6) is 0 Å². The first-order valence-electron chi connectivity index (χ1n) is 6.02. The van der Waals surface area contributed by atoms with Crippen LogP contribution in [-0.2, 0) is 9.47 Å². The van der Waals surface area contributed by atoms with Crippen LogP contribution >= 0.6 is 23.4 Å². The second kappa shape index (κ2) is 8.81. The highest BCUT2D eigenvalue weighted by Crippen LogP contribution is 2.22. The second-order valence-electron chi connectivity index (χ2n) is 4.30. The molecule has 0 aliphatic carbocycles. The summed E-state index contributed by atoms with van der Waals surface area (Å²) in [5.41, 5.74) is 1.33. The molecular formula is C14H21ClO2S. The molecule has 2 nitrogen and oxygen atoms in total. The van der Waals surface area contributed by atoms with Gasteiger partial charge in [0.15, 0.2) is 0 Å². The van der Waals surface area contributed by atoms with Crippen molar-refractivity contribution >= 4 is 23.4 Å².